The lowest BCUT2D eigenvalue weighted by Crippen LogP contribution is -2.19. The molecule has 0 aromatic carbocycles. The van der Waals surface area contributed by atoms with Crippen LogP contribution in [-0.2, 0) is 4.74 Å². The largest absolute Gasteiger partial charge is 0.390 e. The summed E-state index contributed by atoms with van der Waals surface area (Å²) in [5.41, 5.74) is -0.253. The Kier molecular flexibility index (Phi) is 2.37. The molecule has 1 unspecified atom stereocenters. The van der Waals surface area contributed by atoms with E-state index in [1.54, 1.807) is 0 Å². The predicted molar refractivity (Wildman–Crippen MR) is 47.0 cm³/mol. The second-order valence-corrected chi connectivity index (χ2v) is 4.35. The molecule has 12 heavy (non-hydrogen) atoms. The standard InChI is InChI=1S/C10H18O2/c11-10(5-6-10)4-3-9-2-1-7-12-8-9/h9,11H,1-8H2. The summed E-state index contributed by atoms with van der Waals surface area (Å²) < 4.78 is 5.39. The van der Waals surface area contributed by atoms with Crippen molar-refractivity contribution in [2.75, 3.05) is 13.2 Å². The normalized spacial score (nSPS) is 33.2. The highest BCUT2D eigenvalue weighted by Gasteiger charge is 2.40. The van der Waals surface area contributed by atoms with Gasteiger partial charge in [-0.25, -0.2) is 0 Å². The highest BCUT2D eigenvalue weighted by molar-refractivity contribution is 4.93. The van der Waals surface area contributed by atoms with Gasteiger partial charge in [0.25, 0.3) is 0 Å². The predicted octanol–water partition coefficient (Wildman–Crippen LogP) is 1.72. The molecule has 1 saturated heterocycles. The molecule has 0 spiro atoms. The van der Waals surface area contributed by atoms with Crippen molar-refractivity contribution in [2.24, 2.45) is 5.92 Å². The summed E-state index contributed by atoms with van der Waals surface area (Å²) in [4.78, 5) is 0. The fourth-order valence-electron chi connectivity index (χ4n) is 1.90. The van der Waals surface area contributed by atoms with Gasteiger partial charge in [-0.05, 0) is 44.4 Å². The summed E-state index contributed by atoms with van der Waals surface area (Å²) in [6, 6.07) is 0. The van der Waals surface area contributed by atoms with Crippen LogP contribution in [0.15, 0.2) is 0 Å². The van der Waals surface area contributed by atoms with Crippen LogP contribution in [0.2, 0.25) is 0 Å². The lowest BCUT2D eigenvalue weighted by atomic mass is 9.95. The van der Waals surface area contributed by atoms with Gasteiger partial charge in [0, 0.05) is 13.2 Å². The lowest BCUT2D eigenvalue weighted by molar-refractivity contribution is 0.0414. The molecule has 0 amide bonds. The molecule has 1 heterocycles. The summed E-state index contributed by atoms with van der Waals surface area (Å²) in [6.45, 7) is 1.87. The van der Waals surface area contributed by atoms with Gasteiger partial charge >= 0.3 is 0 Å². The molecule has 0 aromatic rings. The summed E-state index contributed by atoms with van der Waals surface area (Å²) in [5.74, 6) is 0.725. The Balaban J connectivity index is 1.65. The van der Waals surface area contributed by atoms with Crippen LogP contribution in [-0.4, -0.2) is 23.9 Å². The van der Waals surface area contributed by atoms with Gasteiger partial charge in [0.2, 0.25) is 0 Å². The number of hydrogen-bond donors (Lipinski definition) is 1. The van der Waals surface area contributed by atoms with Crippen molar-refractivity contribution < 1.29 is 9.84 Å². The Morgan fingerprint density at radius 2 is 2.25 bits per heavy atom. The molecule has 2 heteroatoms. The van der Waals surface area contributed by atoms with Crippen molar-refractivity contribution in [1.82, 2.24) is 0 Å². The van der Waals surface area contributed by atoms with Crippen LogP contribution in [0.25, 0.3) is 0 Å². The maximum atomic E-state index is 9.62. The molecule has 1 atom stereocenters. The Morgan fingerprint density at radius 1 is 1.42 bits per heavy atom. The molecule has 1 N–H and O–H groups in total. The molecule has 0 radical (unpaired) electrons. The van der Waals surface area contributed by atoms with Crippen LogP contribution >= 0.6 is 0 Å². The number of rotatable bonds is 3. The van der Waals surface area contributed by atoms with Gasteiger partial charge in [0.15, 0.2) is 0 Å². The molecular weight excluding hydrogens is 152 g/mol. The van der Waals surface area contributed by atoms with Gasteiger partial charge < -0.3 is 9.84 Å². The molecule has 2 aliphatic rings. The fraction of sp³-hybridized carbons (Fsp3) is 1.00. The highest BCUT2D eigenvalue weighted by Crippen LogP contribution is 2.40. The number of ether oxygens (including phenoxy) is 1. The third-order valence-corrected chi connectivity index (χ3v) is 3.10. The van der Waals surface area contributed by atoms with Gasteiger partial charge in [0.1, 0.15) is 0 Å². The van der Waals surface area contributed by atoms with E-state index < -0.39 is 0 Å². The minimum Gasteiger partial charge on any atom is -0.390 e. The summed E-state index contributed by atoms with van der Waals surface area (Å²) >= 11 is 0. The van der Waals surface area contributed by atoms with E-state index in [0.717, 1.165) is 44.8 Å². The van der Waals surface area contributed by atoms with Crippen LogP contribution in [0, 0.1) is 5.92 Å². The minimum atomic E-state index is -0.253. The topological polar surface area (TPSA) is 29.5 Å². The van der Waals surface area contributed by atoms with E-state index in [-0.39, 0.29) is 5.60 Å². The zero-order chi connectivity index (χ0) is 8.44. The zero-order valence-electron chi connectivity index (χ0n) is 7.59. The Morgan fingerprint density at radius 3 is 2.83 bits per heavy atom. The third-order valence-electron chi connectivity index (χ3n) is 3.10. The highest BCUT2D eigenvalue weighted by atomic mass is 16.5. The van der Waals surface area contributed by atoms with Crippen molar-refractivity contribution in [1.29, 1.82) is 0 Å². The van der Waals surface area contributed by atoms with Crippen LogP contribution < -0.4 is 0 Å². The Labute approximate surface area is 73.9 Å². The quantitative estimate of drug-likeness (QED) is 0.698. The molecule has 70 valence electrons. The van der Waals surface area contributed by atoms with E-state index in [0.29, 0.717) is 0 Å². The second kappa shape index (κ2) is 3.35. The maximum absolute atomic E-state index is 9.62. The molecule has 1 aliphatic carbocycles. The van der Waals surface area contributed by atoms with E-state index in [4.69, 9.17) is 4.74 Å². The number of aliphatic hydroxyl groups is 1. The average molecular weight is 170 g/mol. The van der Waals surface area contributed by atoms with E-state index in [1.807, 2.05) is 0 Å². The lowest BCUT2D eigenvalue weighted by Gasteiger charge is -2.22. The molecule has 2 fully saturated rings. The summed E-state index contributed by atoms with van der Waals surface area (Å²) in [7, 11) is 0. The Hall–Kier alpha value is -0.0800. The van der Waals surface area contributed by atoms with Gasteiger partial charge in [-0.2, -0.15) is 0 Å². The van der Waals surface area contributed by atoms with Crippen molar-refractivity contribution >= 4 is 0 Å². The average Bonchev–Trinajstić information content (AvgIpc) is 2.84. The van der Waals surface area contributed by atoms with Crippen LogP contribution in [0.1, 0.15) is 38.5 Å². The van der Waals surface area contributed by atoms with Crippen molar-refractivity contribution in [3.05, 3.63) is 0 Å². The molecule has 2 rings (SSSR count). The van der Waals surface area contributed by atoms with Gasteiger partial charge in [-0.1, -0.05) is 0 Å². The van der Waals surface area contributed by atoms with Crippen LogP contribution in [0.5, 0.6) is 0 Å². The molecule has 1 saturated carbocycles. The SMILES string of the molecule is OC1(CCC2CCCOC2)CC1. The van der Waals surface area contributed by atoms with Crippen LogP contribution in [0.4, 0.5) is 0 Å². The van der Waals surface area contributed by atoms with E-state index in [2.05, 4.69) is 0 Å². The monoisotopic (exact) mass is 170 g/mol. The van der Waals surface area contributed by atoms with Gasteiger partial charge in [-0.15, -0.1) is 0 Å². The van der Waals surface area contributed by atoms with Gasteiger partial charge in [-0.3, -0.25) is 0 Å². The first-order valence-electron chi connectivity index (χ1n) is 5.09. The van der Waals surface area contributed by atoms with Crippen LogP contribution in [0.3, 0.4) is 0 Å². The molecule has 2 nitrogen and oxygen atoms in total. The van der Waals surface area contributed by atoms with E-state index in [9.17, 15) is 5.11 Å². The first-order chi connectivity index (χ1) is 5.79. The first-order valence-corrected chi connectivity index (χ1v) is 5.09. The first kappa shape index (κ1) is 8.52. The zero-order valence-corrected chi connectivity index (χ0v) is 7.59. The van der Waals surface area contributed by atoms with E-state index >= 15 is 0 Å². The molecule has 0 aromatic heterocycles. The summed E-state index contributed by atoms with van der Waals surface area (Å²) in [5, 5.41) is 9.62. The fourth-order valence-corrected chi connectivity index (χ4v) is 1.90. The van der Waals surface area contributed by atoms with E-state index in [1.165, 1.54) is 12.8 Å². The molecule has 1 aliphatic heterocycles. The summed E-state index contributed by atoms with van der Waals surface area (Å²) in [6.07, 6.45) is 6.73. The van der Waals surface area contributed by atoms with Crippen molar-refractivity contribution in [3.8, 4) is 0 Å². The second-order valence-electron chi connectivity index (χ2n) is 4.35. The third kappa shape index (κ3) is 2.20. The maximum Gasteiger partial charge on any atom is 0.0650 e. The number of hydrogen-bond acceptors (Lipinski definition) is 2. The van der Waals surface area contributed by atoms with Gasteiger partial charge in [0.05, 0.1) is 5.60 Å². The van der Waals surface area contributed by atoms with Crippen molar-refractivity contribution in [2.45, 2.75) is 44.1 Å². The van der Waals surface area contributed by atoms with Crippen molar-refractivity contribution in [3.63, 3.8) is 0 Å². The molecular formula is C10H18O2. The Bertz CT molecular complexity index is 146. The molecule has 0 bridgehead atoms. The minimum absolute atomic E-state index is 0.253. The smallest absolute Gasteiger partial charge is 0.0650 e.